The monoisotopic (exact) mass is 265 g/mol. The molecular weight excluding hydrogens is 242 g/mol. The van der Waals surface area contributed by atoms with Crippen molar-refractivity contribution in [3.8, 4) is 5.75 Å². The van der Waals surface area contributed by atoms with Gasteiger partial charge < -0.3 is 14.8 Å². The number of hydrogen-bond donors (Lipinski definition) is 1. The van der Waals surface area contributed by atoms with Crippen molar-refractivity contribution in [2.75, 3.05) is 20.3 Å². The fourth-order valence-corrected chi connectivity index (χ4v) is 1.67. The molecule has 1 aromatic carbocycles. The second-order valence-corrected chi connectivity index (χ2v) is 4.60. The third kappa shape index (κ3) is 4.91. The van der Waals surface area contributed by atoms with Gasteiger partial charge in [0.2, 0.25) is 0 Å². The third-order valence-corrected chi connectivity index (χ3v) is 3.05. The zero-order valence-electron chi connectivity index (χ0n) is 12.2. The zero-order chi connectivity index (χ0) is 14.3. The van der Waals surface area contributed by atoms with Crippen molar-refractivity contribution in [1.82, 2.24) is 5.32 Å². The molecule has 0 aromatic heterocycles. The van der Waals surface area contributed by atoms with Crippen LogP contribution < -0.4 is 10.1 Å². The number of benzene rings is 1. The van der Waals surface area contributed by atoms with Crippen LogP contribution in [0, 0.1) is 13.8 Å². The molecule has 0 bridgehead atoms. The van der Waals surface area contributed by atoms with Gasteiger partial charge in [-0.2, -0.15) is 0 Å². The Labute approximate surface area is 115 Å². The van der Waals surface area contributed by atoms with Crippen LogP contribution in [-0.2, 0) is 9.53 Å². The van der Waals surface area contributed by atoms with Crippen molar-refractivity contribution >= 4 is 5.91 Å². The highest BCUT2D eigenvalue weighted by Gasteiger charge is 2.15. The topological polar surface area (TPSA) is 47.6 Å². The first-order valence-corrected chi connectivity index (χ1v) is 6.55. The highest BCUT2D eigenvalue weighted by molar-refractivity contribution is 5.80. The molecule has 1 aromatic rings. The molecular formula is C15H23NO3. The maximum absolute atomic E-state index is 11.8. The Morgan fingerprint density at radius 3 is 2.79 bits per heavy atom. The molecule has 1 amide bonds. The van der Waals surface area contributed by atoms with E-state index in [1.54, 1.807) is 14.0 Å². The van der Waals surface area contributed by atoms with Crippen molar-refractivity contribution in [3.63, 3.8) is 0 Å². The minimum atomic E-state index is -0.497. The van der Waals surface area contributed by atoms with Crippen molar-refractivity contribution in [1.29, 1.82) is 0 Å². The molecule has 1 rings (SSSR count). The molecule has 19 heavy (non-hydrogen) atoms. The van der Waals surface area contributed by atoms with E-state index in [9.17, 15) is 4.79 Å². The van der Waals surface area contributed by atoms with Crippen molar-refractivity contribution in [2.45, 2.75) is 33.3 Å². The minimum Gasteiger partial charge on any atom is -0.481 e. The summed E-state index contributed by atoms with van der Waals surface area (Å²) in [6, 6.07) is 5.84. The highest BCUT2D eigenvalue weighted by atomic mass is 16.5. The lowest BCUT2D eigenvalue weighted by Crippen LogP contribution is -2.37. The van der Waals surface area contributed by atoms with Crippen molar-refractivity contribution in [3.05, 3.63) is 29.3 Å². The van der Waals surface area contributed by atoms with Crippen molar-refractivity contribution < 1.29 is 14.3 Å². The summed E-state index contributed by atoms with van der Waals surface area (Å²) in [5.74, 6) is 0.663. The predicted molar refractivity (Wildman–Crippen MR) is 75.5 cm³/mol. The summed E-state index contributed by atoms with van der Waals surface area (Å²) in [6.45, 7) is 7.03. The maximum Gasteiger partial charge on any atom is 0.260 e. The average molecular weight is 265 g/mol. The van der Waals surface area contributed by atoms with Gasteiger partial charge in [0.05, 0.1) is 0 Å². The molecule has 0 radical (unpaired) electrons. The van der Waals surface area contributed by atoms with Crippen molar-refractivity contribution in [2.24, 2.45) is 0 Å². The number of carbonyl (C=O) groups excluding carboxylic acids is 1. The Kier molecular flexibility index (Phi) is 6.36. The van der Waals surface area contributed by atoms with Crippen LogP contribution in [0.25, 0.3) is 0 Å². The molecule has 4 heteroatoms. The number of amides is 1. The summed E-state index contributed by atoms with van der Waals surface area (Å²) in [5, 5.41) is 2.83. The Bertz CT molecular complexity index is 418. The van der Waals surface area contributed by atoms with Crippen LogP contribution in [0.5, 0.6) is 5.75 Å². The minimum absolute atomic E-state index is 0.1000. The van der Waals surface area contributed by atoms with E-state index < -0.39 is 6.10 Å². The second-order valence-electron chi connectivity index (χ2n) is 4.60. The van der Waals surface area contributed by atoms with E-state index in [4.69, 9.17) is 9.47 Å². The van der Waals surface area contributed by atoms with Gasteiger partial charge in [0, 0.05) is 20.3 Å². The first-order valence-electron chi connectivity index (χ1n) is 6.55. The Morgan fingerprint density at radius 2 is 2.11 bits per heavy atom. The number of ether oxygens (including phenoxy) is 2. The van der Waals surface area contributed by atoms with Gasteiger partial charge in [-0.3, -0.25) is 4.79 Å². The van der Waals surface area contributed by atoms with E-state index in [1.165, 1.54) is 0 Å². The Morgan fingerprint density at radius 1 is 1.37 bits per heavy atom. The van der Waals surface area contributed by atoms with Gasteiger partial charge in [0.25, 0.3) is 5.91 Å². The quantitative estimate of drug-likeness (QED) is 0.769. The number of aryl methyl sites for hydroxylation is 1. The van der Waals surface area contributed by atoms with Crippen LogP contribution in [0.1, 0.15) is 24.5 Å². The molecule has 0 fully saturated rings. The summed E-state index contributed by atoms with van der Waals surface area (Å²) in [7, 11) is 1.65. The number of methoxy groups -OCH3 is 1. The molecule has 0 aliphatic carbocycles. The lowest BCUT2D eigenvalue weighted by atomic mass is 10.1. The lowest BCUT2D eigenvalue weighted by molar-refractivity contribution is -0.127. The first-order chi connectivity index (χ1) is 9.06. The van der Waals surface area contributed by atoms with E-state index in [2.05, 4.69) is 5.32 Å². The predicted octanol–water partition coefficient (Wildman–Crippen LogP) is 2.22. The molecule has 1 atom stereocenters. The van der Waals surface area contributed by atoms with Gasteiger partial charge in [-0.1, -0.05) is 12.1 Å². The van der Waals surface area contributed by atoms with Crippen LogP contribution in [0.15, 0.2) is 18.2 Å². The maximum atomic E-state index is 11.8. The largest absolute Gasteiger partial charge is 0.481 e. The summed E-state index contributed by atoms with van der Waals surface area (Å²) in [4.78, 5) is 11.8. The molecule has 0 spiro atoms. The Balaban J connectivity index is 2.47. The van der Waals surface area contributed by atoms with Gasteiger partial charge in [-0.05, 0) is 44.4 Å². The number of rotatable bonds is 7. The van der Waals surface area contributed by atoms with Gasteiger partial charge >= 0.3 is 0 Å². The van der Waals surface area contributed by atoms with Crippen LogP contribution >= 0.6 is 0 Å². The Hall–Kier alpha value is -1.55. The van der Waals surface area contributed by atoms with Crippen LogP contribution in [0.3, 0.4) is 0 Å². The summed E-state index contributed by atoms with van der Waals surface area (Å²) >= 11 is 0. The fraction of sp³-hybridized carbons (Fsp3) is 0.533. The summed E-state index contributed by atoms with van der Waals surface area (Å²) < 4.78 is 10.6. The third-order valence-electron chi connectivity index (χ3n) is 3.05. The zero-order valence-corrected chi connectivity index (χ0v) is 12.2. The standard InChI is InChI=1S/C15H23NO3/c1-11-7-5-8-14(12(11)2)19-13(3)15(17)16-9-6-10-18-4/h5,7-8,13H,6,9-10H2,1-4H3,(H,16,17)/t13-/m1/s1. The van der Waals surface area contributed by atoms with Gasteiger partial charge in [0.1, 0.15) is 5.75 Å². The second kappa shape index (κ2) is 7.79. The molecule has 0 aliphatic heterocycles. The first kappa shape index (κ1) is 15.5. The van der Waals surface area contributed by atoms with Crippen LogP contribution in [-0.4, -0.2) is 32.3 Å². The van der Waals surface area contributed by atoms with Gasteiger partial charge in [-0.15, -0.1) is 0 Å². The van der Waals surface area contributed by atoms with E-state index in [0.29, 0.717) is 13.2 Å². The molecule has 1 N–H and O–H groups in total. The van der Waals surface area contributed by atoms with E-state index in [-0.39, 0.29) is 5.91 Å². The normalized spacial score (nSPS) is 12.0. The van der Waals surface area contributed by atoms with Crippen LogP contribution in [0.2, 0.25) is 0 Å². The molecule has 0 saturated heterocycles. The number of nitrogens with one attached hydrogen (secondary N) is 1. The smallest absolute Gasteiger partial charge is 0.260 e. The molecule has 0 saturated carbocycles. The number of carbonyl (C=O) groups is 1. The van der Waals surface area contributed by atoms with Gasteiger partial charge in [0.15, 0.2) is 6.10 Å². The molecule has 4 nitrogen and oxygen atoms in total. The van der Waals surface area contributed by atoms with E-state index >= 15 is 0 Å². The number of hydrogen-bond acceptors (Lipinski definition) is 3. The molecule has 106 valence electrons. The van der Waals surface area contributed by atoms with Crippen LogP contribution in [0.4, 0.5) is 0 Å². The molecule has 0 aliphatic rings. The SMILES string of the molecule is COCCCNC(=O)[C@@H](C)Oc1cccc(C)c1C. The van der Waals surface area contributed by atoms with Gasteiger partial charge in [-0.25, -0.2) is 0 Å². The van der Waals surface area contributed by atoms with E-state index in [1.807, 2.05) is 32.0 Å². The molecule has 0 unspecified atom stereocenters. The lowest BCUT2D eigenvalue weighted by Gasteiger charge is -2.17. The molecule has 0 heterocycles. The average Bonchev–Trinajstić information content (AvgIpc) is 2.39. The summed E-state index contributed by atoms with van der Waals surface area (Å²) in [5.41, 5.74) is 2.23. The van der Waals surface area contributed by atoms with E-state index in [0.717, 1.165) is 23.3 Å². The highest BCUT2D eigenvalue weighted by Crippen LogP contribution is 2.21. The fourth-order valence-electron chi connectivity index (χ4n) is 1.67. The summed E-state index contributed by atoms with van der Waals surface area (Å²) in [6.07, 6.45) is 0.307.